The van der Waals surface area contributed by atoms with Crippen LogP contribution >= 0.6 is 11.8 Å². The lowest BCUT2D eigenvalue weighted by Gasteiger charge is -2.23. The van der Waals surface area contributed by atoms with Crippen molar-refractivity contribution >= 4 is 40.1 Å². The smallest absolute Gasteiger partial charge is 0.262 e. The molecule has 0 aromatic heterocycles. The van der Waals surface area contributed by atoms with Crippen LogP contribution in [0.25, 0.3) is 0 Å². The van der Waals surface area contributed by atoms with Gasteiger partial charge in [-0.1, -0.05) is 53.7 Å². The van der Waals surface area contributed by atoms with Crippen LogP contribution in [0.15, 0.2) is 76.8 Å². The van der Waals surface area contributed by atoms with Crippen molar-refractivity contribution in [1.29, 1.82) is 0 Å². The Morgan fingerprint density at radius 2 is 1.84 bits per heavy atom. The fraction of sp³-hybridized carbons (Fsp3) is 0.214. The van der Waals surface area contributed by atoms with Gasteiger partial charge in [0.15, 0.2) is 16.7 Å². The third-order valence-corrected chi connectivity index (χ3v) is 7.64. The molecule has 0 spiro atoms. The van der Waals surface area contributed by atoms with Crippen LogP contribution in [0.5, 0.6) is 11.5 Å². The lowest BCUT2D eigenvalue weighted by molar-refractivity contribution is -0.121. The monoisotopic (exact) mass is 530 g/mol. The van der Waals surface area contributed by atoms with Crippen molar-refractivity contribution in [2.45, 2.75) is 31.1 Å². The molecule has 6 rings (SSSR count). The number of aryl methyl sites for hydroxylation is 1. The predicted molar refractivity (Wildman–Crippen MR) is 143 cm³/mol. The second kappa shape index (κ2) is 9.94. The molecule has 10 heteroatoms. The Morgan fingerprint density at radius 3 is 2.63 bits per heavy atom. The maximum atomic E-state index is 13.6. The van der Waals surface area contributed by atoms with Gasteiger partial charge >= 0.3 is 0 Å². The molecule has 3 aliphatic rings. The minimum Gasteiger partial charge on any atom is -0.454 e. The summed E-state index contributed by atoms with van der Waals surface area (Å²) in [6.07, 6.45) is 0.520. The van der Waals surface area contributed by atoms with E-state index in [1.54, 1.807) is 35.3 Å². The number of nitrogens with one attached hydrogen (secondary N) is 1. The van der Waals surface area contributed by atoms with Gasteiger partial charge in [0.1, 0.15) is 11.1 Å². The summed E-state index contributed by atoms with van der Waals surface area (Å²) in [4.78, 5) is 29.8. The lowest BCUT2D eigenvalue weighted by atomic mass is 9.98. The van der Waals surface area contributed by atoms with Gasteiger partial charge in [0.2, 0.25) is 12.7 Å². The van der Waals surface area contributed by atoms with E-state index in [1.165, 1.54) is 23.9 Å². The molecule has 3 heterocycles. The number of fused-ring (bicyclic) bond motifs is 1. The fourth-order valence-electron chi connectivity index (χ4n) is 4.51. The highest BCUT2D eigenvalue weighted by atomic mass is 32.2. The Morgan fingerprint density at radius 1 is 1.08 bits per heavy atom. The normalized spacial score (nSPS) is 19.9. The third-order valence-electron chi connectivity index (χ3n) is 6.50. The van der Waals surface area contributed by atoms with E-state index in [0.717, 1.165) is 22.4 Å². The van der Waals surface area contributed by atoms with Crippen molar-refractivity contribution in [3.8, 4) is 11.5 Å². The van der Waals surface area contributed by atoms with Crippen LogP contribution in [0.2, 0.25) is 0 Å². The number of aliphatic imine (C=N–C) groups is 1. The number of ether oxygens (including phenoxy) is 2. The van der Waals surface area contributed by atoms with E-state index >= 15 is 0 Å². The molecule has 1 N–H and O–H groups in total. The van der Waals surface area contributed by atoms with Gasteiger partial charge < -0.3 is 14.8 Å². The largest absolute Gasteiger partial charge is 0.454 e. The Bertz CT molecular complexity index is 1470. The number of nitrogens with zero attached hydrogens (tertiary/aromatic N) is 3. The molecule has 0 saturated heterocycles. The molecule has 38 heavy (non-hydrogen) atoms. The molecule has 0 fully saturated rings. The van der Waals surface area contributed by atoms with E-state index < -0.39 is 5.25 Å². The molecule has 3 aromatic carbocycles. The number of anilines is 1. The minimum atomic E-state index is -0.675. The van der Waals surface area contributed by atoms with Crippen LogP contribution in [0.1, 0.15) is 35.6 Å². The number of rotatable bonds is 5. The highest BCUT2D eigenvalue weighted by molar-refractivity contribution is 8.15. The van der Waals surface area contributed by atoms with Gasteiger partial charge in [-0.2, -0.15) is 10.1 Å². The maximum absolute atomic E-state index is 13.6. The summed E-state index contributed by atoms with van der Waals surface area (Å²) in [7, 11) is 0. The Balaban J connectivity index is 1.19. The quantitative estimate of drug-likeness (QED) is 0.497. The number of benzene rings is 3. The standard InChI is InChI=1S/C28H23FN4O4S/c1-16-2-4-17(5-3-16)21-13-22(18-6-8-19(29)9-7-18)33(32-21)28-31-27(35)25(38-28)14-26(34)30-20-10-11-23-24(12-20)37-15-36-23/h2-12,22,25H,13-15H2,1H3,(H,30,34)/t22-,25+/m0/s1. The van der Waals surface area contributed by atoms with Gasteiger partial charge in [0.05, 0.1) is 11.8 Å². The zero-order valence-corrected chi connectivity index (χ0v) is 21.2. The molecular formula is C28H23FN4O4S. The SMILES string of the molecule is Cc1ccc(C2=NN(C3=NC(=O)[C@@H](CC(=O)Nc4ccc5c(c4)OCO5)S3)[C@H](c3ccc(F)cc3)C2)cc1. The van der Waals surface area contributed by atoms with Gasteiger partial charge in [-0.15, -0.1) is 0 Å². The van der Waals surface area contributed by atoms with Crippen molar-refractivity contribution in [2.24, 2.45) is 10.1 Å². The first kappa shape index (κ1) is 24.2. The van der Waals surface area contributed by atoms with E-state index in [0.29, 0.717) is 28.8 Å². The van der Waals surface area contributed by atoms with Crippen LogP contribution in [0.4, 0.5) is 10.1 Å². The number of carbonyl (C=O) groups excluding carboxylic acids is 2. The first-order valence-corrected chi connectivity index (χ1v) is 13.0. The molecule has 0 unspecified atom stereocenters. The molecule has 3 aliphatic heterocycles. The van der Waals surface area contributed by atoms with Gasteiger partial charge in [-0.05, 0) is 42.3 Å². The zero-order valence-electron chi connectivity index (χ0n) is 20.4. The number of halogens is 1. The number of thioether (sulfide) groups is 1. The zero-order chi connectivity index (χ0) is 26.2. The van der Waals surface area contributed by atoms with Crippen LogP contribution in [-0.4, -0.2) is 39.7 Å². The summed E-state index contributed by atoms with van der Waals surface area (Å²) in [6.45, 7) is 2.16. The number of amides is 2. The number of hydrazone groups is 1. The average Bonchev–Trinajstić information content (AvgIpc) is 3.63. The molecule has 0 bridgehead atoms. The third kappa shape index (κ3) is 4.87. The number of amidine groups is 1. The van der Waals surface area contributed by atoms with Gasteiger partial charge in [-0.3, -0.25) is 9.59 Å². The summed E-state index contributed by atoms with van der Waals surface area (Å²) in [5.74, 6) is 0.153. The van der Waals surface area contributed by atoms with Crippen molar-refractivity contribution < 1.29 is 23.5 Å². The topological polar surface area (TPSA) is 92.6 Å². The van der Waals surface area contributed by atoms with Gasteiger partial charge in [0.25, 0.3) is 5.91 Å². The van der Waals surface area contributed by atoms with Crippen molar-refractivity contribution in [2.75, 3.05) is 12.1 Å². The summed E-state index contributed by atoms with van der Waals surface area (Å²) >= 11 is 1.22. The lowest BCUT2D eigenvalue weighted by Crippen LogP contribution is -2.25. The minimum absolute atomic E-state index is 0.0471. The van der Waals surface area contributed by atoms with E-state index in [1.807, 2.05) is 31.2 Å². The van der Waals surface area contributed by atoms with Crippen LogP contribution < -0.4 is 14.8 Å². The molecule has 0 saturated carbocycles. The Hall–Kier alpha value is -4.18. The highest BCUT2D eigenvalue weighted by Gasteiger charge is 2.39. The van der Waals surface area contributed by atoms with Gasteiger partial charge in [0, 0.05) is 24.6 Å². The van der Waals surface area contributed by atoms with Crippen molar-refractivity contribution in [1.82, 2.24) is 5.01 Å². The number of hydrogen-bond donors (Lipinski definition) is 1. The predicted octanol–water partition coefficient (Wildman–Crippen LogP) is 5.04. The average molecular weight is 531 g/mol. The molecular weight excluding hydrogens is 507 g/mol. The van der Waals surface area contributed by atoms with Crippen LogP contribution in [-0.2, 0) is 9.59 Å². The molecule has 3 aromatic rings. The second-order valence-electron chi connectivity index (χ2n) is 9.19. The number of carbonyl (C=O) groups is 2. The molecule has 8 nitrogen and oxygen atoms in total. The van der Waals surface area contributed by atoms with Crippen molar-refractivity contribution in [3.63, 3.8) is 0 Å². The van der Waals surface area contributed by atoms with Crippen LogP contribution in [0, 0.1) is 12.7 Å². The van der Waals surface area contributed by atoms with E-state index in [9.17, 15) is 14.0 Å². The Kier molecular flexibility index (Phi) is 6.32. The van der Waals surface area contributed by atoms with E-state index in [2.05, 4.69) is 10.3 Å². The molecule has 0 aliphatic carbocycles. The van der Waals surface area contributed by atoms with Gasteiger partial charge in [-0.25, -0.2) is 9.40 Å². The number of hydrogen-bond acceptors (Lipinski definition) is 7. The highest BCUT2D eigenvalue weighted by Crippen LogP contribution is 2.39. The molecule has 0 radical (unpaired) electrons. The Labute approximate surface area is 222 Å². The second-order valence-corrected chi connectivity index (χ2v) is 10.4. The maximum Gasteiger partial charge on any atom is 0.262 e. The molecule has 2 atom stereocenters. The van der Waals surface area contributed by atoms with Crippen LogP contribution in [0.3, 0.4) is 0 Å². The van der Waals surface area contributed by atoms with Crippen molar-refractivity contribution in [3.05, 3.63) is 89.2 Å². The molecule has 192 valence electrons. The van der Waals surface area contributed by atoms with E-state index in [-0.39, 0.29) is 36.9 Å². The first-order valence-electron chi connectivity index (χ1n) is 12.1. The summed E-state index contributed by atoms with van der Waals surface area (Å²) < 4.78 is 24.3. The first-order chi connectivity index (χ1) is 18.4. The molecule has 2 amide bonds. The summed E-state index contributed by atoms with van der Waals surface area (Å²) in [6, 6.07) is 19.2. The summed E-state index contributed by atoms with van der Waals surface area (Å²) in [5.41, 5.74) is 4.37. The van der Waals surface area contributed by atoms with E-state index in [4.69, 9.17) is 14.6 Å². The fourth-order valence-corrected chi connectivity index (χ4v) is 5.57. The summed E-state index contributed by atoms with van der Waals surface area (Å²) in [5, 5.41) is 9.11.